The molecule has 0 radical (unpaired) electrons. The van der Waals surface area contributed by atoms with Crippen LogP contribution in [0.25, 0.3) is 11.1 Å². The predicted octanol–water partition coefficient (Wildman–Crippen LogP) is 1.58. The van der Waals surface area contributed by atoms with Crippen LogP contribution in [0.15, 0.2) is 21.7 Å². The zero-order chi connectivity index (χ0) is 16.4. The number of nitrogens with two attached hydrogens (primary N) is 1. The van der Waals surface area contributed by atoms with Crippen LogP contribution in [0.1, 0.15) is 39.3 Å². The van der Waals surface area contributed by atoms with Gasteiger partial charge >= 0.3 is 0 Å². The van der Waals surface area contributed by atoms with Gasteiger partial charge in [0.1, 0.15) is 4.90 Å². The summed E-state index contributed by atoms with van der Waals surface area (Å²) >= 11 is 0. The first-order chi connectivity index (χ1) is 10.3. The smallest absolute Gasteiger partial charge is 0.258 e. The summed E-state index contributed by atoms with van der Waals surface area (Å²) in [6.07, 6.45) is 3.29. The van der Waals surface area contributed by atoms with Crippen molar-refractivity contribution in [3.63, 3.8) is 0 Å². The number of fused-ring (bicyclic) bond motifs is 1. The number of hydrogen-bond donors (Lipinski definition) is 2. The van der Waals surface area contributed by atoms with Crippen molar-refractivity contribution in [1.29, 1.82) is 0 Å². The van der Waals surface area contributed by atoms with Crippen LogP contribution in [0.4, 0.5) is 0 Å². The minimum Gasteiger partial charge on any atom is -0.336 e. The van der Waals surface area contributed by atoms with Crippen LogP contribution in [-0.4, -0.2) is 30.6 Å². The van der Waals surface area contributed by atoms with Crippen molar-refractivity contribution < 1.29 is 12.9 Å². The molecule has 2 rings (SSSR count). The number of hydrogen-bond acceptors (Lipinski definition) is 6. The van der Waals surface area contributed by atoms with Gasteiger partial charge in [0.2, 0.25) is 10.0 Å². The topological polar surface area (TPSA) is 111 Å². The molecule has 0 bridgehead atoms. The van der Waals surface area contributed by atoms with Crippen LogP contribution in [0, 0.1) is 0 Å². The predicted molar refractivity (Wildman–Crippen MR) is 83.9 cm³/mol. The zero-order valence-corrected chi connectivity index (χ0v) is 13.9. The molecule has 0 fully saturated rings. The molecule has 0 aliphatic heterocycles. The number of aryl methyl sites for hydroxylation is 1. The lowest BCUT2D eigenvalue weighted by atomic mass is 9.95. The third-order valence-electron chi connectivity index (χ3n) is 4.05. The van der Waals surface area contributed by atoms with Gasteiger partial charge < -0.3 is 10.3 Å². The van der Waals surface area contributed by atoms with E-state index in [0.29, 0.717) is 36.1 Å². The van der Waals surface area contributed by atoms with Crippen LogP contribution in [0.5, 0.6) is 0 Å². The molecular weight excluding hydrogens is 304 g/mol. The monoisotopic (exact) mass is 326 g/mol. The van der Waals surface area contributed by atoms with E-state index < -0.39 is 15.6 Å². The first-order valence-corrected chi connectivity index (χ1v) is 8.86. The van der Waals surface area contributed by atoms with Crippen molar-refractivity contribution in [3.8, 4) is 0 Å². The van der Waals surface area contributed by atoms with E-state index in [1.807, 2.05) is 20.8 Å². The number of pyridine rings is 1. The zero-order valence-electron chi connectivity index (χ0n) is 13.1. The minimum atomic E-state index is -3.67. The molecule has 0 aliphatic carbocycles. The van der Waals surface area contributed by atoms with Crippen LogP contribution < -0.4 is 10.5 Å². The summed E-state index contributed by atoms with van der Waals surface area (Å²) in [5, 5.41) is 4.50. The Hall–Kier alpha value is -1.51. The highest BCUT2D eigenvalue weighted by Gasteiger charge is 2.25. The summed E-state index contributed by atoms with van der Waals surface area (Å²) in [6.45, 7) is 5.98. The lowest BCUT2D eigenvalue weighted by Crippen LogP contribution is -2.49. The molecule has 0 atom stereocenters. The summed E-state index contributed by atoms with van der Waals surface area (Å²) in [6, 6.07) is 1.54. The summed E-state index contributed by atoms with van der Waals surface area (Å²) in [7, 11) is -3.67. The van der Waals surface area contributed by atoms with Crippen molar-refractivity contribution in [3.05, 3.63) is 18.0 Å². The van der Waals surface area contributed by atoms with Gasteiger partial charge in [-0.25, -0.2) is 18.1 Å². The molecule has 2 heterocycles. The summed E-state index contributed by atoms with van der Waals surface area (Å²) < 4.78 is 32.5. The van der Waals surface area contributed by atoms with E-state index >= 15 is 0 Å². The van der Waals surface area contributed by atoms with Crippen LogP contribution in [0.3, 0.4) is 0 Å². The van der Waals surface area contributed by atoms with Gasteiger partial charge in [-0.05, 0) is 25.3 Å². The first-order valence-electron chi connectivity index (χ1n) is 7.38. The van der Waals surface area contributed by atoms with E-state index in [1.165, 1.54) is 12.3 Å². The molecule has 0 unspecified atom stereocenters. The average molecular weight is 326 g/mol. The Morgan fingerprint density at radius 1 is 1.32 bits per heavy atom. The maximum Gasteiger partial charge on any atom is 0.258 e. The fourth-order valence-corrected chi connectivity index (χ4v) is 3.19. The Morgan fingerprint density at radius 2 is 2.00 bits per heavy atom. The van der Waals surface area contributed by atoms with Gasteiger partial charge in [-0.15, -0.1) is 0 Å². The number of nitrogens with one attached hydrogen (secondary N) is 1. The van der Waals surface area contributed by atoms with E-state index in [2.05, 4.69) is 14.9 Å². The molecule has 2 aromatic heterocycles. The molecule has 22 heavy (non-hydrogen) atoms. The van der Waals surface area contributed by atoms with Crippen molar-refractivity contribution >= 4 is 21.1 Å². The second kappa shape index (κ2) is 6.31. The molecule has 0 saturated carbocycles. The van der Waals surface area contributed by atoms with Crippen molar-refractivity contribution in [2.45, 2.75) is 50.5 Å². The number of aromatic nitrogens is 2. The summed E-state index contributed by atoms with van der Waals surface area (Å²) in [5.74, 6) is 0. The number of rotatable bonds is 7. The highest BCUT2D eigenvalue weighted by atomic mass is 32.2. The Bertz CT molecular complexity index is 751. The Labute approximate surface area is 130 Å². The maximum atomic E-state index is 12.4. The van der Waals surface area contributed by atoms with E-state index in [1.54, 1.807) is 0 Å². The average Bonchev–Trinajstić information content (AvgIpc) is 2.95. The van der Waals surface area contributed by atoms with E-state index in [-0.39, 0.29) is 11.4 Å². The van der Waals surface area contributed by atoms with Gasteiger partial charge in [0.25, 0.3) is 5.71 Å². The maximum absolute atomic E-state index is 12.4. The minimum absolute atomic E-state index is 0.0902. The fraction of sp³-hybridized carbons (Fsp3) is 0.571. The lowest BCUT2D eigenvalue weighted by molar-refractivity contribution is 0.391. The quantitative estimate of drug-likeness (QED) is 0.799. The second-order valence-electron chi connectivity index (χ2n) is 5.40. The van der Waals surface area contributed by atoms with Gasteiger partial charge in [0, 0.05) is 12.1 Å². The van der Waals surface area contributed by atoms with Gasteiger partial charge in [-0.2, -0.15) is 0 Å². The Balaban J connectivity index is 2.29. The molecule has 0 aliphatic rings. The lowest BCUT2D eigenvalue weighted by Gasteiger charge is -2.26. The standard InChI is InChI=1S/C14H22N4O3S/c1-4-12-11-7-10(8-16-13(11)21-18-12)22(19,20)17-9-14(15,5-2)6-3/h7-8,17H,4-6,9,15H2,1-3H3. The Morgan fingerprint density at radius 3 is 2.59 bits per heavy atom. The van der Waals surface area contributed by atoms with Crippen LogP contribution in [0.2, 0.25) is 0 Å². The van der Waals surface area contributed by atoms with Crippen molar-refractivity contribution in [2.24, 2.45) is 5.73 Å². The molecule has 0 saturated heterocycles. The second-order valence-corrected chi connectivity index (χ2v) is 7.17. The summed E-state index contributed by atoms with van der Waals surface area (Å²) in [4.78, 5) is 4.11. The fourth-order valence-electron chi connectivity index (χ4n) is 2.08. The third kappa shape index (κ3) is 3.29. The van der Waals surface area contributed by atoms with E-state index in [0.717, 1.165) is 0 Å². The van der Waals surface area contributed by atoms with Crippen molar-refractivity contribution in [2.75, 3.05) is 6.54 Å². The molecule has 8 heteroatoms. The largest absolute Gasteiger partial charge is 0.336 e. The van der Waals surface area contributed by atoms with Gasteiger partial charge in [0.15, 0.2) is 0 Å². The highest BCUT2D eigenvalue weighted by molar-refractivity contribution is 7.89. The number of nitrogens with zero attached hydrogens (tertiary/aromatic N) is 2. The number of sulfonamides is 1. The van der Waals surface area contributed by atoms with Crippen LogP contribution >= 0.6 is 0 Å². The molecule has 122 valence electrons. The SMILES string of the molecule is CCc1noc2ncc(S(=O)(=O)NCC(N)(CC)CC)cc12. The highest BCUT2D eigenvalue weighted by Crippen LogP contribution is 2.21. The van der Waals surface area contributed by atoms with E-state index in [4.69, 9.17) is 10.3 Å². The molecule has 0 aromatic carbocycles. The van der Waals surface area contributed by atoms with Gasteiger partial charge in [-0.1, -0.05) is 25.9 Å². The molecule has 3 N–H and O–H groups in total. The molecule has 7 nitrogen and oxygen atoms in total. The van der Waals surface area contributed by atoms with Crippen molar-refractivity contribution in [1.82, 2.24) is 14.9 Å². The van der Waals surface area contributed by atoms with Gasteiger partial charge in [0.05, 0.1) is 17.3 Å². The normalized spacial score (nSPS) is 12.9. The molecule has 0 spiro atoms. The molecule has 2 aromatic rings. The molecule has 0 amide bonds. The van der Waals surface area contributed by atoms with E-state index in [9.17, 15) is 8.42 Å². The summed E-state index contributed by atoms with van der Waals surface area (Å²) in [5.41, 5.74) is 6.62. The third-order valence-corrected chi connectivity index (χ3v) is 5.42. The Kier molecular flexibility index (Phi) is 4.84. The first kappa shape index (κ1) is 16.9. The van der Waals surface area contributed by atoms with Gasteiger partial charge in [-0.3, -0.25) is 0 Å². The molecular formula is C14H22N4O3S. The van der Waals surface area contributed by atoms with Crippen LogP contribution in [-0.2, 0) is 16.4 Å².